The zero-order chi connectivity index (χ0) is 18.4. The topological polar surface area (TPSA) is 67.8 Å². The lowest BCUT2D eigenvalue weighted by Crippen LogP contribution is -2.35. The van der Waals surface area contributed by atoms with Crippen LogP contribution in [0.2, 0.25) is 0 Å². The van der Waals surface area contributed by atoms with Crippen LogP contribution in [0, 0.1) is 0 Å². The van der Waals surface area contributed by atoms with Crippen molar-refractivity contribution in [3.8, 4) is 11.1 Å². The Labute approximate surface area is 156 Å². The van der Waals surface area contributed by atoms with Gasteiger partial charge in [-0.05, 0) is 40.7 Å². The number of thioether (sulfide) groups is 1. The Morgan fingerprint density at radius 3 is 2.38 bits per heavy atom. The standard InChI is InChI=1S/C20H20N2O3S/c1-26-11-10-19(21-13-23)22-20(24)25-12-18-16-8-4-2-6-14(16)15-7-3-5-9-17(15)18/h2-9,18-19H,10-12H2,1H3,(H,22,24)/t19-/m0/s1. The molecule has 3 rings (SSSR count). The van der Waals surface area contributed by atoms with Gasteiger partial charge in [0, 0.05) is 5.92 Å². The zero-order valence-corrected chi connectivity index (χ0v) is 15.3. The van der Waals surface area contributed by atoms with Crippen molar-refractivity contribution in [2.45, 2.75) is 18.5 Å². The van der Waals surface area contributed by atoms with E-state index in [1.54, 1.807) is 11.8 Å². The molecule has 0 saturated heterocycles. The molecule has 0 fully saturated rings. The molecule has 1 atom stereocenters. The zero-order valence-electron chi connectivity index (χ0n) is 14.5. The molecule has 1 aliphatic rings. The molecule has 1 amide bonds. The summed E-state index contributed by atoms with van der Waals surface area (Å²) < 4.78 is 5.45. The summed E-state index contributed by atoms with van der Waals surface area (Å²) in [7, 11) is 0. The van der Waals surface area contributed by atoms with Gasteiger partial charge >= 0.3 is 6.09 Å². The monoisotopic (exact) mass is 368 g/mol. The predicted octanol–water partition coefficient (Wildman–Crippen LogP) is 3.94. The van der Waals surface area contributed by atoms with Crippen molar-refractivity contribution in [3.63, 3.8) is 0 Å². The van der Waals surface area contributed by atoms with E-state index in [0.29, 0.717) is 6.42 Å². The first-order valence-corrected chi connectivity index (χ1v) is 9.81. The molecule has 1 N–H and O–H groups in total. The van der Waals surface area contributed by atoms with E-state index in [-0.39, 0.29) is 12.5 Å². The number of nitrogens with one attached hydrogen (secondary N) is 1. The summed E-state index contributed by atoms with van der Waals surface area (Å²) in [5, 5.41) is 2.62. The third-order valence-electron chi connectivity index (χ3n) is 4.43. The van der Waals surface area contributed by atoms with Gasteiger partial charge in [-0.3, -0.25) is 5.32 Å². The van der Waals surface area contributed by atoms with Gasteiger partial charge in [0.1, 0.15) is 12.8 Å². The Balaban J connectivity index is 1.68. The van der Waals surface area contributed by atoms with Gasteiger partial charge in [-0.15, -0.1) is 0 Å². The second-order valence-electron chi connectivity index (χ2n) is 5.99. The maximum absolute atomic E-state index is 12.1. The van der Waals surface area contributed by atoms with E-state index in [1.165, 1.54) is 17.2 Å². The van der Waals surface area contributed by atoms with Crippen molar-refractivity contribution in [1.82, 2.24) is 5.32 Å². The number of isocyanates is 1. The molecule has 6 heteroatoms. The summed E-state index contributed by atoms with van der Waals surface area (Å²) in [6.07, 6.45) is 2.84. The summed E-state index contributed by atoms with van der Waals surface area (Å²) in [6, 6.07) is 16.3. The number of benzene rings is 2. The quantitative estimate of drug-likeness (QED) is 0.594. The van der Waals surface area contributed by atoms with Crippen LogP contribution in [-0.2, 0) is 9.53 Å². The average molecular weight is 368 g/mol. The molecule has 0 aromatic heterocycles. The number of carbonyl (C=O) groups excluding carboxylic acids is 2. The van der Waals surface area contributed by atoms with E-state index in [4.69, 9.17) is 4.74 Å². The lowest BCUT2D eigenvalue weighted by Gasteiger charge is -2.16. The second-order valence-corrected chi connectivity index (χ2v) is 6.97. The van der Waals surface area contributed by atoms with Crippen molar-refractivity contribution in [2.24, 2.45) is 4.99 Å². The molecule has 1 aliphatic carbocycles. The molecule has 5 nitrogen and oxygen atoms in total. The Bertz CT molecular complexity index is 788. The first kappa shape index (κ1) is 18.2. The van der Waals surface area contributed by atoms with Crippen molar-refractivity contribution in [3.05, 3.63) is 59.7 Å². The van der Waals surface area contributed by atoms with Crippen LogP contribution in [0.25, 0.3) is 11.1 Å². The first-order valence-electron chi connectivity index (χ1n) is 8.42. The number of hydrogen-bond acceptors (Lipinski definition) is 5. The number of aliphatic imine (C=N–C) groups is 1. The van der Waals surface area contributed by atoms with Crippen molar-refractivity contribution in [2.75, 3.05) is 18.6 Å². The van der Waals surface area contributed by atoms with Crippen LogP contribution in [0.15, 0.2) is 53.5 Å². The van der Waals surface area contributed by atoms with Crippen LogP contribution in [0.4, 0.5) is 4.79 Å². The Hall–Kier alpha value is -2.56. The van der Waals surface area contributed by atoms with E-state index >= 15 is 0 Å². The number of alkyl carbamates (subject to hydrolysis) is 1. The van der Waals surface area contributed by atoms with E-state index in [2.05, 4.69) is 34.6 Å². The molecule has 0 saturated carbocycles. The fourth-order valence-electron chi connectivity index (χ4n) is 3.24. The minimum atomic E-state index is -0.601. The predicted molar refractivity (Wildman–Crippen MR) is 103 cm³/mol. The minimum Gasteiger partial charge on any atom is -0.449 e. The Kier molecular flexibility index (Phi) is 6.10. The molecule has 2 aromatic carbocycles. The summed E-state index contributed by atoms with van der Waals surface area (Å²) in [5.41, 5.74) is 4.68. The molecule has 0 radical (unpaired) electrons. The maximum Gasteiger partial charge on any atom is 0.408 e. The normalized spacial score (nSPS) is 13.3. The maximum atomic E-state index is 12.1. The molecule has 134 valence electrons. The highest BCUT2D eigenvalue weighted by Crippen LogP contribution is 2.44. The first-order chi connectivity index (χ1) is 12.7. The summed E-state index contributed by atoms with van der Waals surface area (Å²) in [5.74, 6) is 0.784. The van der Waals surface area contributed by atoms with E-state index in [9.17, 15) is 9.59 Å². The van der Waals surface area contributed by atoms with Gasteiger partial charge in [0.2, 0.25) is 6.08 Å². The molecule has 0 spiro atoms. The number of nitrogens with zero attached hydrogens (tertiary/aromatic N) is 1. The number of amides is 1. The smallest absolute Gasteiger partial charge is 0.408 e. The molecular formula is C20H20N2O3S. The van der Waals surface area contributed by atoms with Gasteiger partial charge in [0.25, 0.3) is 0 Å². The van der Waals surface area contributed by atoms with Crippen molar-refractivity contribution >= 4 is 23.9 Å². The van der Waals surface area contributed by atoms with Gasteiger partial charge in [-0.25, -0.2) is 9.59 Å². The number of carbonyl (C=O) groups is 1. The highest BCUT2D eigenvalue weighted by Gasteiger charge is 2.29. The van der Waals surface area contributed by atoms with Gasteiger partial charge in [0.05, 0.1) is 0 Å². The molecule has 0 aliphatic heterocycles. The lowest BCUT2D eigenvalue weighted by molar-refractivity contribution is 0.139. The highest BCUT2D eigenvalue weighted by atomic mass is 32.2. The molecular weight excluding hydrogens is 348 g/mol. The number of ether oxygens (including phenoxy) is 1. The van der Waals surface area contributed by atoms with Crippen molar-refractivity contribution in [1.29, 1.82) is 0 Å². The van der Waals surface area contributed by atoms with Gasteiger partial charge < -0.3 is 4.74 Å². The fraction of sp³-hybridized carbons (Fsp3) is 0.300. The molecule has 0 bridgehead atoms. The molecule has 0 unspecified atom stereocenters. The van der Waals surface area contributed by atoms with Crippen LogP contribution in [-0.4, -0.2) is 37.0 Å². The molecule has 26 heavy (non-hydrogen) atoms. The van der Waals surface area contributed by atoms with Gasteiger partial charge in [0.15, 0.2) is 0 Å². The Morgan fingerprint density at radius 1 is 1.19 bits per heavy atom. The second kappa shape index (κ2) is 8.70. The molecule has 0 heterocycles. The summed E-state index contributed by atoms with van der Waals surface area (Å²) in [4.78, 5) is 26.3. The number of rotatable bonds is 7. The van der Waals surface area contributed by atoms with Gasteiger partial charge in [-0.2, -0.15) is 16.8 Å². The van der Waals surface area contributed by atoms with E-state index in [1.807, 2.05) is 30.5 Å². The van der Waals surface area contributed by atoms with Crippen LogP contribution in [0.1, 0.15) is 23.5 Å². The van der Waals surface area contributed by atoms with Crippen LogP contribution < -0.4 is 5.32 Å². The van der Waals surface area contributed by atoms with Crippen LogP contribution in [0.5, 0.6) is 0 Å². The Morgan fingerprint density at radius 2 is 1.81 bits per heavy atom. The highest BCUT2D eigenvalue weighted by molar-refractivity contribution is 7.98. The third-order valence-corrected chi connectivity index (χ3v) is 5.08. The molecule has 2 aromatic rings. The van der Waals surface area contributed by atoms with Crippen LogP contribution >= 0.6 is 11.8 Å². The van der Waals surface area contributed by atoms with Crippen molar-refractivity contribution < 1.29 is 14.3 Å². The number of fused-ring (bicyclic) bond motifs is 3. The van der Waals surface area contributed by atoms with Gasteiger partial charge in [-0.1, -0.05) is 48.5 Å². The fourth-order valence-corrected chi connectivity index (χ4v) is 3.70. The summed E-state index contributed by atoms with van der Waals surface area (Å²) in [6.45, 7) is 0.236. The SMILES string of the molecule is CSCC[C@@H](N=C=O)NC(=O)OCC1c2ccccc2-c2ccccc21. The number of hydrogen-bond donors (Lipinski definition) is 1. The minimum absolute atomic E-state index is 0.00682. The summed E-state index contributed by atoms with van der Waals surface area (Å²) >= 11 is 1.62. The largest absolute Gasteiger partial charge is 0.449 e. The van der Waals surface area contributed by atoms with E-state index < -0.39 is 12.3 Å². The van der Waals surface area contributed by atoms with E-state index in [0.717, 1.165) is 16.9 Å². The average Bonchev–Trinajstić information content (AvgIpc) is 2.98. The third kappa shape index (κ3) is 3.98. The van der Waals surface area contributed by atoms with Crippen LogP contribution in [0.3, 0.4) is 0 Å². The lowest BCUT2D eigenvalue weighted by atomic mass is 9.98.